The summed E-state index contributed by atoms with van der Waals surface area (Å²) in [6.07, 6.45) is -4.42. The minimum atomic E-state index is -4.42. The van der Waals surface area contributed by atoms with Crippen LogP contribution in [-0.2, 0) is 6.18 Å². The van der Waals surface area contributed by atoms with E-state index in [0.717, 1.165) is 23.3 Å². The summed E-state index contributed by atoms with van der Waals surface area (Å²) in [6.45, 7) is -0.00161. The molecule has 2 N–H and O–H groups in total. The van der Waals surface area contributed by atoms with Gasteiger partial charge in [-0.05, 0) is 29.3 Å². The number of amides is 2. The van der Waals surface area contributed by atoms with Crippen LogP contribution in [0.1, 0.15) is 28.3 Å². The van der Waals surface area contributed by atoms with Gasteiger partial charge in [0.05, 0.1) is 18.2 Å². The quantitative estimate of drug-likeness (QED) is 0.577. The molecule has 2 amide bonds. The third kappa shape index (κ3) is 5.89. The molecule has 3 aromatic carbocycles. The van der Waals surface area contributed by atoms with Crippen LogP contribution in [0, 0.1) is 11.8 Å². The maximum atomic E-state index is 12.7. The normalized spacial score (nSPS) is 10.8. The van der Waals surface area contributed by atoms with Crippen LogP contribution in [0.15, 0.2) is 84.9 Å². The van der Waals surface area contributed by atoms with Gasteiger partial charge in [0.2, 0.25) is 0 Å². The first kappa shape index (κ1) is 21.0. The van der Waals surface area contributed by atoms with Crippen LogP contribution in [-0.4, -0.2) is 12.6 Å². The second-order valence-corrected chi connectivity index (χ2v) is 6.46. The van der Waals surface area contributed by atoms with Crippen molar-refractivity contribution in [2.24, 2.45) is 0 Å². The molecule has 0 aromatic heterocycles. The van der Waals surface area contributed by atoms with E-state index in [1.807, 2.05) is 60.7 Å². The lowest BCUT2D eigenvalue weighted by atomic mass is 9.99. The number of carbonyl (C=O) groups excluding carboxylic acids is 1. The molecular formula is C24H19F3N2O. The average molecular weight is 408 g/mol. The van der Waals surface area contributed by atoms with Crippen molar-refractivity contribution in [3.8, 4) is 11.8 Å². The van der Waals surface area contributed by atoms with Crippen LogP contribution in [0.2, 0.25) is 0 Å². The van der Waals surface area contributed by atoms with Crippen LogP contribution < -0.4 is 10.6 Å². The SMILES string of the molecule is O=C(NCC#Cc1cccc(C(F)(F)F)c1)NC(c1ccccc1)c1ccccc1. The standard InChI is InChI=1S/C24H19F3N2O/c25-24(26,27)21-15-7-9-18(17-21)10-8-16-28-23(30)29-22(19-11-3-1-4-12-19)20-13-5-2-6-14-20/h1-7,9,11-15,17,22H,16H2,(H2,28,29,30). The Kier molecular flexibility index (Phi) is 6.76. The maximum absolute atomic E-state index is 12.7. The van der Waals surface area contributed by atoms with Gasteiger partial charge in [-0.25, -0.2) is 4.79 Å². The summed E-state index contributed by atoms with van der Waals surface area (Å²) >= 11 is 0. The van der Waals surface area contributed by atoms with E-state index in [1.54, 1.807) is 0 Å². The first-order valence-electron chi connectivity index (χ1n) is 9.24. The fourth-order valence-corrected chi connectivity index (χ4v) is 2.88. The summed E-state index contributed by atoms with van der Waals surface area (Å²) in [5, 5.41) is 5.53. The second-order valence-electron chi connectivity index (χ2n) is 6.46. The first-order chi connectivity index (χ1) is 14.4. The lowest BCUT2D eigenvalue weighted by Crippen LogP contribution is -2.38. The molecule has 0 aliphatic heterocycles. The van der Waals surface area contributed by atoms with Gasteiger partial charge in [0.15, 0.2) is 0 Å². The molecule has 3 nitrogen and oxygen atoms in total. The van der Waals surface area contributed by atoms with Crippen molar-refractivity contribution in [3.05, 3.63) is 107 Å². The Labute approximate surface area is 172 Å². The Morgan fingerprint density at radius 2 is 1.47 bits per heavy atom. The smallest absolute Gasteiger partial charge is 0.327 e. The Bertz CT molecular complexity index is 999. The van der Waals surface area contributed by atoms with Crippen LogP contribution in [0.25, 0.3) is 0 Å². The van der Waals surface area contributed by atoms with E-state index in [9.17, 15) is 18.0 Å². The van der Waals surface area contributed by atoms with Crippen molar-refractivity contribution >= 4 is 6.03 Å². The van der Waals surface area contributed by atoms with Crippen molar-refractivity contribution in [3.63, 3.8) is 0 Å². The summed E-state index contributed by atoms with van der Waals surface area (Å²) in [7, 11) is 0. The van der Waals surface area contributed by atoms with Gasteiger partial charge >= 0.3 is 12.2 Å². The van der Waals surface area contributed by atoms with Gasteiger partial charge < -0.3 is 10.6 Å². The summed E-state index contributed by atoms with van der Waals surface area (Å²) in [4.78, 5) is 12.4. The number of halogens is 3. The Hall–Kier alpha value is -3.72. The van der Waals surface area contributed by atoms with Crippen molar-refractivity contribution in [1.82, 2.24) is 10.6 Å². The molecule has 0 radical (unpaired) electrons. The number of urea groups is 1. The van der Waals surface area contributed by atoms with E-state index in [-0.39, 0.29) is 18.2 Å². The average Bonchev–Trinajstić information content (AvgIpc) is 2.76. The molecule has 0 aliphatic rings. The van der Waals surface area contributed by atoms with Gasteiger partial charge in [-0.15, -0.1) is 0 Å². The zero-order valence-corrected chi connectivity index (χ0v) is 15.9. The van der Waals surface area contributed by atoms with Crippen molar-refractivity contribution in [2.75, 3.05) is 6.54 Å². The van der Waals surface area contributed by atoms with Crippen molar-refractivity contribution in [1.29, 1.82) is 0 Å². The fourth-order valence-electron chi connectivity index (χ4n) is 2.88. The highest BCUT2D eigenvalue weighted by Gasteiger charge is 2.30. The number of alkyl halides is 3. The summed E-state index contributed by atoms with van der Waals surface area (Å²) in [5.74, 6) is 5.31. The molecule has 3 aromatic rings. The molecule has 30 heavy (non-hydrogen) atoms. The van der Waals surface area contributed by atoms with E-state index in [4.69, 9.17) is 0 Å². The topological polar surface area (TPSA) is 41.1 Å². The number of carbonyl (C=O) groups is 1. The third-order valence-electron chi connectivity index (χ3n) is 4.30. The molecule has 152 valence electrons. The number of rotatable bonds is 4. The van der Waals surface area contributed by atoms with Gasteiger partial charge in [0, 0.05) is 5.56 Å². The summed E-state index contributed by atoms with van der Waals surface area (Å²) < 4.78 is 38.2. The molecule has 6 heteroatoms. The molecule has 0 heterocycles. The highest BCUT2D eigenvalue weighted by Crippen LogP contribution is 2.29. The lowest BCUT2D eigenvalue weighted by Gasteiger charge is -2.19. The predicted octanol–water partition coefficient (Wildman–Crippen LogP) is 5.15. The van der Waals surface area contributed by atoms with E-state index in [2.05, 4.69) is 22.5 Å². The zero-order chi connectivity index (χ0) is 21.4. The number of hydrogen-bond donors (Lipinski definition) is 2. The minimum absolute atomic E-state index is 0.00161. The lowest BCUT2D eigenvalue weighted by molar-refractivity contribution is -0.137. The van der Waals surface area contributed by atoms with Gasteiger partial charge in [0.25, 0.3) is 0 Å². The van der Waals surface area contributed by atoms with Crippen LogP contribution in [0.4, 0.5) is 18.0 Å². The Morgan fingerprint density at radius 1 is 0.867 bits per heavy atom. The minimum Gasteiger partial charge on any atom is -0.327 e. The molecule has 0 fully saturated rings. The molecule has 0 saturated carbocycles. The van der Waals surface area contributed by atoms with E-state index >= 15 is 0 Å². The largest absolute Gasteiger partial charge is 0.416 e. The second kappa shape index (κ2) is 9.66. The first-order valence-corrected chi connectivity index (χ1v) is 9.24. The van der Waals surface area contributed by atoms with E-state index < -0.39 is 17.8 Å². The zero-order valence-electron chi connectivity index (χ0n) is 15.9. The number of nitrogens with one attached hydrogen (secondary N) is 2. The van der Waals surface area contributed by atoms with Crippen molar-refractivity contribution in [2.45, 2.75) is 12.2 Å². The van der Waals surface area contributed by atoms with Gasteiger partial charge in [-0.2, -0.15) is 13.2 Å². The van der Waals surface area contributed by atoms with Gasteiger partial charge in [-0.3, -0.25) is 0 Å². The summed E-state index contributed by atoms with van der Waals surface area (Å²) in [5.41, 5.74) is 1.33. The van der Waals surface area contributed by atoms with Crippen molar-refractivity contribution < 1.29 is 18.0 Å². The van der Waals surface area contributed by atoms with E-state index in [1.165, 1.54) is 12.1 Å². The molecule has 0 aliphatic carbocycles. The molecule has 0 bridgehead atoms. The fraction of sp³-hybridized carbons (Fsp3) is 0.125. The third-order valence-corrected chi connectivity index (χ3v) is 4.30. The highest BCUT2D eigenvalue weighted by molar-refractivity contribution is 5.75. The molecule has 0 unspecified atom stereocenters. The monoisotopic (exact) mass is 408 g/mol. The predicted molar refractivity (Wildman–Crippen MR) is 110 cm³/mol. The Morgan fingerprint density at radius 3 is 2.03 bits per heavy atom. The van der Waals surface area contributed by atoms with Crippen LogP contribution in [0.3, 0.4) is 0 Å². The molecule has 0 atom stereocenters. The number of hydrogen-bond acceptors (Lipinski definition) is 1. The van der Waals surface area contributed by atoms with Crippen LogP contribution >= 0.6 is 0 Å². The molecule has 0 spiro atoms. The van der Waals surface area contributed by atoms with E-state index in [0.29, 0.717) is 0 Å². The van der Waals surface area contributed by atoms with Crippen LogP contribution in [0.5, 0.6) is 0 Å². The molecular weight excluding hydrogens is 389 g/mol. The Balaban J connectivity index is 1.63. The maximum Gasteiger partial charge on any atom is 0.416 e. The summed E-state index contributed by atoms with van der Waals surface area (Å²) in [6, 6.07) is 23.1. The molecule has 0 saturated heterocycles. The number of benzene rings is 3. The molecule has 3 rings (SSSR count). The highest BCUT2D eigenvalue weighted by atomic mass is 19.4. The van der Waals surface area contributed by atoms with Gasteiger partial charge in [-0.1, -0.05) is 78.6 Å². The van der Waals surface area contributed by atoms with Gasteiger partial charge in [0.1, 0.15) is 0 Å².